The Hall–Kier alpha value is -0.860. The maximum Gasteiger partial charge on any atom is 0.0844 e. The van der Waals surface area contributed by atoms with Crippen molar-refractivity contribution < 1.29 is 0 Å². The van der Waals surface area contributed by atoms with Gasteiger partial charge in [-0.15, -0.1) is 0 Å². The highest BCUT2D eigenvalue weighted by Gasteiger charge is 2.45. The van der Waals surface area contributed by atoms with Crippen LogP contribution in [-0.2, 0) is 0 Å². The zero-order valence-electron chi connectivity index (χ0n) is 9.96. The molecule has 0 saturated carbocycles. The molecule has 0 atom stereocenters. The molecular weight excluding hydrogens is 184 g/mol. The SMILES string of the molecule is CC1(C)NC(c2ccccc2)NC1(C)C. The molecule has 1 aliphatic rings. The molecular formula is C13H20N2. The smallest absolute Gasteiger partial charge is 0.0844 e. The molecule has 15 heavy (non-hydrogen) atoms. The highest BCUT2D eigenvalue weighted by molar-refractivity contribution is 5.23. The van der Waals surface area contributed by atoms with E-state index < -0.39 is 0 Å². The summed E-state index contributed by atoms with van der Waals surface area (Å²) in [5, 5.41) is 7.25. The van der Waals surface area contributed by atoms with Gasteiger partial charge in [-0.2, -0.15) is 0 Å². The minimum atomic E-state index is 0.105. The van der Waals surface area contributed by atoms with Crippen molar-refractivity contribution in [2.24, 2.45) is 0 Å². The van der Waals surface area contributed by atoms with Crippen molar-refractivity contribution in [1.82, 2.24) is 10.6 Å². The molecule has 2 rings (SSSR count). The van der Waals surface area contributed by atoms with Crippen LogP contribution in [0.4, 0.5) is 0 Å². The summed E-state index contributed by atoms with van der Waals surface area (Å²) in [6, 6.07) is 10.5. The normalized spacial score (nSPS) is 24.3. The monoisotopic (exact) mass is 204 g/mol. The van der Waals surface area contributed by atoms with Gasteiger partial charge in [0.2, 0.25) is 0 Å². The second kappa shape index (κ2) is 3.32. The lowest BCUT2D eigenvalue weighted by molar-refractivity contribution is 0.295. The molecule has 0 radical (unpaired) electrons. The molecule has 0 amide bonds. The van der Waals surface area contributed by atoms with Crippen molar-refractivity contribution in [3.63, 3.8) is 0 Å². The van der Waals surface area contributed by atoms with E-state index in [1.807, 2.05) is 0 Å². The van der Waals surface area contributed by atoms with Crippen molar-refractivity contribution in [2.75, 3.05) is 0 Å². The van der Waals surface area contributed by atoms with Gasteiger partial charge in [0, 0.05) is 11.1 Å². The van der Waals surface area contributed by atoms with Gasteiger partial charge in [0.25, 0.3) is 0 Å². The fourth-order valence-corrected chi connectivity index (χ4v) is 1.93. The van der Waals surface area contributed by atoms with Crippen molar-refractivity contribution >= 4 is 0 Å². The fourth-order valence-electron chi connectivity index (χ4n) is 1.93. The molecule has 1 heterocycles. The van der Waals surface area contributed by atoms with Crippen LogP contribution in [0.5, 0.6) is 0 Å². The van der Waals surface area contributed by atoms with Crippen LogP contribution >= 0.6 is 0 Å². The molecule has 0 unspecified atom stereocenters. The van der Waals surface area contributed by atoms with E-state index in [0.717, 1.165) is 0 Å². The van der Waals surface area contributed by atoms with Gasteiger partial charge in [-0.25, -0.2) is 0 Å². The van der Waals surface area contributed by atoms with Gasteiger partial charge in [0.15, 0.2) is 0 Å². The molecule has 1 fully saturated rings. The van der Waals surface area contributed by atoms with E-state index in [2.05, 4.69) is 68.7 Å². The second-order valence-electron chi connectivity index (χ2n) is 5.38. The summed E-state index contributed by atoms with van der Waals surface area (Å²) >= 11 is 0. The molecule has 0 aromatic heterocycles. The van der Waals surface area contributed by atoms with E-state index >= 15 is 0 Å². The Kier molecular flexibility index (Phi) is 2.36. The van der Waals surface area contributed by atoms with E-state index in [4.69, 9.17) is 0 Å². The Bertz CT molecular complexity index is 325. The molecule has 1 aliphatic heterocycles. The first-order valence-electron chi connectivity index (χ1n) is 5.53. The van der Waals surface area contributed by atoms with E-state index in [-0.39, 0.29) is 17.2 Å². The van der Waals surface area contributed by atoms with Crippen molar-refractivity contribution in [3.8, 4) is 0 Å². The molecule has 2 heteroatoms. The zero-order valence-corrected chi connectivity index (χ0v) is 9.96. The molecule has 82 valence electrons. The predicted molar refractivity (Wildman–Crippen MR) is 63.6 cm³/mol. The van der Waals surface area contributed by atoms with Crippen LogP contribution in [0.25, 0.3) is 0 Å². The number of hydrogen-bond donors (Lipinski definition) is 2. The first-order chi connectivity index (χ1) is 6.92. The summed E-state index contributed by atoms with van der Waals surface area (Å²) in [7, 11) is 0. The third kappa shape index (κ3) is 1.80. The first kappa shape index (κ1) is 10.7. The average molecular weight is 204 g/mol. The van der Waals surface area contributed by atoms with Gasteiger partial charge in [0.1, 0.15) is 0 Å². The molecule has 2 N–H and O–H groups in total. The summed E-state index contributed by atoms with van der Waals surface area (Å²) in [5.74, 6) is 0. The topological polar surface area (TPSA) is 24.1 Å². The fraction of sp³-hybridized carbons (Fsp3) is 0.538. The maximum absolute atomic E-state index is 3.63. The third-order valence-electron chi connectivity index (χ3n) is 3.71. The Morgan fingerprint density at radius 1 is 0.867 bits per heavy atom. The zero-order chi connectivity index (χ0) is 11.1. The second-order valence-corrected chi connectivity index (χ2v) is 5.38. The highest BCUT2D eigenvalue weighted by Crippen LogP contribution is 2.32. The lowest BCUT2D eigenvalue weighted by Crippen LogP contribution is -2.51. The van der Waals surface area contributed by atoms with Gasteiger partial charge >= 0.3 is 0 Å². The van der Waals surface area contributed by atoms with Gasteiger partial charge in [-0.05, 0) is 33.3 Å². The molecule has 0 aliphatic carbocycles. The van der Waals surface area contributed by atoms with Crippen LogP contribution in [0.15, 0.2) is 30.3 Å². The van der Waals surface area contributed by atoms with Crippen molar-refractivity contribution in [3.05, 3.63) is 35.9 Å². The minimum Gasteiger partial charge on any atom is -0.291 e. The summed E-state index contributed by atoms with van der Waals surface area (Å²) in [4.78, 5) is 0. The van der Waals surface area contributed by atoms with Crippen molar-refractivity contribution in [1.29, 1.82) is 0 Å². The molecule has 2 nitrogen and oxygen atoms in total. The maximum atomic E-state index is 3.63. The van der Waals surface area contributed by atoms with Gasteiger partial charge in [0.05, 0.1) is 6.17 Å². The Morgan fingerprint density at radius 3 is 1.80 bits per heavy atom. The largest absolute Gasteiger partial charge is 0.291 e. The van der Waals surface area contributed by atoms with Crippen LogP contribution in [0, 0.1) is 0 Å². The minimum absolute atomic E-state index is 0.105. The van der Waals surface area contributed by atoms with Gasteiger partial charge in [-0.3, -0.25) is 10.6 Å². The Labute approximate surface area is 92.1 Å². The predicted octanol–water partition coefficient (Wildman–Crippen LogP) is 2.44. The average Bonchev–Trinajstić information content (AvgIpc) is 2.38. The van der Waals surface area contributed by atoms with E-state index in [0.29, 0.717) is 0 Å². The lowest BCUT2D eigenvalue weighted by atomic mass is 9.85. The highest BCUT2D eigenvalue weighted by atomic mass is 15.3. The molecule has 1 saturated heterocycles. The number of hydrogen-bond acceptors (Lipinski definition) is 2. The molecule has 0 bridgehead atoms. The quantitative estimate of drug-likeness (QED) is 0.734. The van der Waals surface area contributed by atoms with Crippen molar-refractivity contribution in [2.45, 2.75) is 44.9 Å². The molecule has 1 aromatic carbocycles. The lowest BCUT2D eigenvalue weighted by Gasteiger charge is -2.33. The van der Waals surface area contributed by atoms with Crippen LogP contribution in [0.2, 0.25) is 0 Å². The molecule has 0 spiro atoms. The van der Waals surface area contributed by atoms with E-state index in [9.17, 15) is 0 Å². The standard InChI is InChI=1S/C13H20N2/c1-12(2)13(3,4)15-11(14-12)10-8-6-5-7-9-10/h5-9,11,14-15H,1-4H3. The number of nitrogens with one attached hydrogen (secondary N) is 2. The van der Waals surface area contributed by atoms with E-state index in [1.54, 1.807) is 0 Å². The summed E-state index contributed by atoms with van der Waals surface area (Å²) in [6.45, 7) is 8.96. The summed E-state index contributed by atoms with van der Waals surface area (Å²) in [5.41, 5.74) is 1.51. The Balaban J connectivity index is 2.24. The number of benzene rings is 1. The van der Waals surface area contributed by atoms with Crippen LogP contribution in [-0.4, -0.2) is 11.1 Å². The summed E-state index contributed by atoms with van der Waals surface area (Å²) < 4.78 is 0. The first-order valence-corrected chi connectivity index (χ1v) is 5.53. The van der Waals surface area contributed by atoms with Crippen LogP contribution in [0.3, 0.4) is 0 Å². The third-order valence-corrected chi connectivity index (χ3v) is 3.71. The van der Waals surface area contributed by atoms with Gasteiger partial charge < -0.3 is 0 Å². The number of rotatable bonds is 1. The van der Waals surface area contributed by atoms with Crippen LogP contribution in [0.1, 0.15) is 39.4 Å². The summed E-state index contributed by atoms with van der Waals surface area (Å²) in [6.07, 6.45) is 0.260. The molecule has 1 aromatic rings. The van der Waals surface area contributed by atoms with Crippen LogP contribution < -0.4 is 10.6 Å². The van der Waals surface area contributed by atoms with E-state index in [1.165, 1.54) is 5.56 Å². The van der Waals surface area contributed by atoms with Gasteiger partial charge in [-0.1, -0.05) is 30.3 Å². The Morgan fingerprint density at radius 2 is 1.33 bits per heavy atom.